The summed E-state index contributed by atoms with van der Waals surface area (Å²) < 4.78 is 5.36. The number of esters is 1. The van der Waals surface area contributed by atoms with Crippen LogP contribution < -0.4 is 0 Å². The van der Waals surface area contributed by atoms with E-state index in [4.69, 9.17) is 9.84 Å². The van der Waals surface area contributed by atoms with Gasteiger partial charge in [0.15, 0.2) is 0 Å². The molecule has 5 heteroatoms. The summed E-state index contributed by atoms with van der Waals surface area (Å²) in [5.41, 5.74) is -0.484. The third-order valence-corrected chi connectivity index (χ3v) is 2.64. The van der Waals surface area contributed by atoms with Crippen molar-refractivity contribution in [2.45, 2.75) is 45.3 Å². The molecule has 1 aliphatic heterocycles. The van der Waals surface area contributed by atoms with Crippen molar-refractivity contribution in [3.05, 3.63) is 12.2 Å². The highest BCUT2D eigenvalue weighted by molar-refractivity contribution is 5.79. The zero-order valence-electron chi connectivity index (χ0n) is 11.2. The second kappa shape index (κ2) is 6.00. The van der Waals surface area contributed by atoms with Gasteiger partial charge >= 0.3 is 11.9 Å². The van der Waals surface area contributed by atoms with Crippen molar-refractivity contribution in [2.75, 3.05) is 13.1 Å². The van der Waals surface area contributed by atoms with E-state index in [9.17, 15) is 9.59 Å². The number of hydrogen-bond donors (Lipinski definition) is 1. The van der Waals surface area contributed by atoms with Crippen molar-refractivity contribution in [3.63, 3.8) is 0 Å². The molecule has 1 unspecified atom stereocenters. The van der Waals surface area contributed by atoms with E-state index < -0.39 is 11.6 Å². The van der Waals surface area contributed by atoms with Gasteiger partial charge in [-0.15, -0.1) is 0 Å². The molecule has 0 amide bonds. The van der Waals surface area contributed by atoms with Gasteiger partial charge in [-0.25, -0.2) is 4.79 Å². The van der Waals surface area contributed by atoms with E-state index in [0.29, 0.717) is 6.54 Å². The van der Waals surface area contributed by atoms with Crippen molar-refractivity contribution in [1.29, 1.82) is 0 Å². The number of carboxylic acid groups (broad SMARTS) is 1. The molecular formula is C13H21NO4. The molecule has 18 heavy (non-hydrogen) atoms. The first-order valence-corrected chi connectivity index (χ1v) is 6.16. The number of rotatable bonds is 4. The summed E-state index contributed by atoms with van der Waals surface area (Å²) in [5, 5.41) is 8.52. The number of likely N-dealkylation sites (tertiary alicyclic amines) is 1. The summed E-state index contributed by atoms with van der Waals surface area (Å²) >= 11 is 0. The van der Waals surface area contributed by atoms with E-state index in [1.807, 2.05) is 25.7 Å². The van der Waals surface area contributed by atoms with Gasteiger partial charge in [0.25, 0.3) is 0 Å². The Kier molecular flexibility index (Phi) is 4.90. The van der Waals surface area contributed by atoms with Gasteiger partial charge in [0, 0.05) is 12.6 Å². The molecule has 1 rings (SSSR count). The molecule has 0 aromatic carbocycles. The van der Waals surface area contributed by atoms with Crippen molar-refractivity contribution in [3.8, 4) is 0 Å². The Morgan fingerprint density at radius 3 is 2.67 bits per heavy atom. The van der Waals surface area contributed by atoms with Crippen LogP contribution in [0, 0.1) is 0 Å². The summed E-state index contributed by atoms with van der Waals surface area (Å²) in [5.74, 6) is -1.19. The SMILES string of the molecule is CC(C)(C)OC(=O)C1CCCN1C/C=C/C(=O)O. The van der Waals surface area contributed by atoms with Crippen LogP contribution in [0.4, 0.5) is 0 Å². The lowest BCUT2D eigenvalue weighted by Gasteiger charge is -2.26. The maximum absolute atomic E-state index is 12.0. The second-order valence-corrected chi connectivity index (χ2v) is 5.43. The summed E-state index contributed by atoms with van der Waals surface area (Å²) in [6.07, 6.45) is 4.37. The fraction of sp³-hybridized carbons (Fsp3) is 0.692. The maximum atomic E-state index is 12.0. The number of nitrogens with zero attached hydrogens (tertiary/aromatic N) is 1. The standard InChI is InChI=1S/C13H21NO4/c1-13(2,3)18-12(17)10-6-4-8-14(10)9-5-7-11(15)16/h5,7,10H,4,6,8-9H2,1-3H3,(H,15,16)/b7-5+. The molecule has 1 atom stereocenters. The van der Waals surface area contributed by atoms with Crippen LogP contribution in [0.5, 0.6) is 0 Å². The molecule has 1 aliphatic rings. The van der Waals surface area contributed by atoms with Crippen LogP contribution in [-0.4, -0.2) is 46.7 Å². The normalized spacial score (nSPS) is 21.4. The minimum Gasteiger partial charge on any atom is -0.478 e. The lowest BCUT2D eigenvalue weighted by molar-refractivity contribution is -0.160. The minimum atomic E-state index is -0.969. The van der Waals surface area contributed by atoms with Gasteiger partial charge in [-0.2, -0.15) is 0 Å². The smallest absolute Gasteiger partial charge is 0.328 e. The van der Waals surface area contributed by atoms with Gasteiger partial charge in [0.05, 0.1) is 0 Å². The van der Waals surface area contributed by atoms with Crippen LogP contribution in [0.1, 0.15) is 33.6 Å². The molecule has 0 saturated carbocycles. The largest absolute Gasteiger partial charge is 0.478 e. The van der Waals surface area contributed by atoms with Gasteiger partial charge in [-0.1, -0.05) is 6.08 Å². The molecule has 0 spiro atoms. The Labute approximate surface area is 107 Å². The van der Waals surface area contributed by atoms with E-state index in [2.05, 4.69) is 0 Å². The molecule has 0 aromatic heterocycles. The number of carboxylic acids is 1. The Morgan fingerprint density at radius 1 is 1.44 bits per heavy atom. The van der Waals surface area contributed by atoms with Gasteiger partial charge in [0.1, 0.15) is 11.6 Å². The minimum absolute atomic E-state index is 0.219. The number of ether oxygens (including phenoxy) is 1. The van der Waals surface area contributed by atoms with Crippen molar-refractivity contribution in [2.24, 2.45) is 0 Å². The molecule has 102 valence electrons. The Hall–Kier alpha value is -1.36. The third-order valence-electron chi connectivity index (χ3n) is 2.64. The van der Waals surface area contributed by atoms with Crippen LogP contribution in [-0.2, 0) is 14.3 Å². The van der Waals surface area contributed by atoms with Crippen molar-refractivity contribution >= 4 is 11.9 Å². The lowest BCUT2D eigenvalue weighted by Crippen LogP contribution is -2.40. The zero-order valence-corrected chi connectivity index (χ0v) is 11.2. The fourth-order valence-corrected chi connectivity index (χ4v) is 1.97. The lowest BCUT2D eigenvalue weighted by atomic mass is 10.1. The first-order chi connectivity index (χ1) is 8.29. The molecule has 0 aliphatic carbocycles. The predicted octanol–water partition coefficient (Wildman–Crippen LogP) is 1.43. The fourth-order valence-electron chi connectivity index (χ4n) is 1.97. The topological polar surface area (TPSA) is 66.8 Å². The Bertz CT molecular complexity index is 343. The number of carbonyl (C=O) groups is 2. The van der Waals surface area contributed by atoms with Gasteiger partial charge < -0.3 is 9.84 Å². The quantitative estimate of drug-likeness (QED) is 0.608. The van der Waals surface area contributed by atoms with E-state index in [1.165, 1.54) is 0 Å². The number of aliphatic carboxylic acids is 1. The molecule has 0 radical (unpaired) electrons. The number of hydrogen-bond acceptors (Lipinski definition) is 4. The third kappa shape index (κ3) is 4.87. The van der Waals surface area contributed by atoms with Gasteiger partial charge in [-0.05, 0) is 40.2 Å². The average molecular weight is 255 g/mol. The molecule has 0 bridgehead atoms. The zero-order chi connectivity index (χ0) is 13.8. The summed E-state index contributed by atoms with van der Waals surface area (Å²) in [4.78, 5) is 24.3. The van der Waals surface area contributed by atoms with Crippen molar-refractivity contribution in [1.82, 2.24) is 4.90 Å². The summed E-state index contributed by atoms with van der Waals surface area (Å²) in [7, 11) is 0. The van der Waals surface area contributed by atoms with E-state index >= 15 is 0 Å². The highest BCUT2D eigenvalue weighted by Crippen LogP contribution is 2.20. The molecule has 0 aromatic rings. The first kappa shape index (κ1) is 14.7. The van der Waals surface area contributed by atoms with E-state index in [1.54, 1.807) is 6.08 Å². The van der Waals surface area contributed by atoms with Crippen LogP contribution in [0.15, 0.2) is 12.2 Å². The van der Waals surface area contributed by atoms with Gasteiger partial charge in [-0.3, -0.25) is 9.69 Å². The Morgan fingerprint density at radius 2 is 2.11 bits per heavy atom. The predicted molar refractivity (Wildman–Crippen MR) is 67.2 cm³/mol. The molecule has 1 N–H and O–H groups in total. The second-order valence-electron chi connectivity index (χ2n) is 5.43. The van der Waals surface area contributed by atoms with E-state index in [-0.39, 0.29) is 12.0 Å². The summed E-state index contributed by atoms with van der Waals surface area (Å²) in [6, 6.07) is -0.248. The Balaban J connectivity index is 2.54. The highest BCUT2D eigenvalue weighted by Gasteiger charge is 2.33. The van der Waals surface area contributed by atoms with Gasteiger partial charge in [0.2, 0.25) is 0 Å². The summed E-state index contributed by atoms with van der Waals surface area (Å²) in [6.45, 7) is 6.79. The van der Waals surface area contributed by atoms with Crippen LogP contribution in [0.3, 0.4) is 0 Å². The van der Waals surface area contributed by atoms with Crippen molar-refractivity contribution < 1.29 is 19.4 Å². The average Bonchev–Trinajstić information content (AvgIpc) is 2.62. The highest BCUT2D eigenvalue weighted by atomic mass is 16.6. The maximum Gasteiger partial charge on any atom is 0.328 e. The van der Waals surface area contributed by atoms with E-state index in [0.717, 1.165) is 25.5 Å². The molecular weight excluding hydrogens is 234 g/mol. The monoisotopic (exact) mass is 255 g/mol. The molecule has 1 fully saturated rings. The van der Waals surface area contributed by atoms with Crippen LogP contribution in [0.2, 0.25) is 0 Å². The van der Waals surface area contributed by atoms with Crippen LogP contribution in [0.25, 0.3) is 0 Å². The first-order valence-electron chi connectivity index (χ1n) is 6.16. The molecule has 5 nitrogen and oxygen atoms in total. The molecule has 1 saturated heterocycles. The molecule has 1 heterocycles. The van der Waals surface area contributed by atoms with Crippen LogP contribution >= 0.6 is 0 Å². The number of carbonyl (C=O) groups excluding carboxylic acids is 1.